The Morgan fingerprint density at radius 3 is 2.54 bits per heavy atom. The van der Waals surface area contributed by atoms with Crippen molar-refractivity contribution in [1.29, 1.82) is 0 Å². The molecule has 1 aromatic carbocycles. The van der Waals surface area contributed by atoms with Gasteiger partial charge in [0.25, 0.3) is 0 Å². The van der Waals surface area contributed by atoms with E-state index in [1.54, 1.807) is 7.11 Å². The highest BCUT2D eigenvalue weighted by Crippen LogP contribution is 2.28. The molecule has 0 atom stereocenters. The van der Waals surface area contributed by atoms with Crippen molar-refractivity contribution in [3.8, 4) is 11.5 Å². The van der Waals surface area contributed by atoms with Crippen LogP contribution in [-0.4, -0.2) is 24.7 Å². The lowest BCUT2D eigenvalue weighted by molar-refractivity contribution is -0.119. The molecular formula is C20H32N2O3S. The van der Waals surface area contributed by atoms with Gasteiger partial charge in [0.15, 0.2) is 16.6 Å². The first-order valence-corrected chi connectivity index (χ1v) is 9.88. The topological polar surface area (TPSA) is 59.6 Å². The van der Waals surface area contributed by atoms with Gasteiger partial charge in [0.1, 0.15) is 0 Å². The molecule has 0 unspecified atom stereocenters. The zero-order valence-electron chi connectivity index (χ0n) is 16.2. The van der Waals surface area contributed by atoms with Crippen LogP contribution in [0.4, 0.5) is 0 Å². The molecule has 0 saturated heterocycles. The van der Waals surface area contributed by atoms with Crippen LogP contribution in [0.3, 0.4) is 0 Å². The van der Waals surface area contributed by atoms with E-state index in [-0.39, 0.29) is 5.91 Å². The monoisotopic (exact) mass is 380 g/mol. The number of carbonyl (C=O) groups is 1. The molecule has 0 fully saturated rings. The molecule has 0 radical (unpaired) electrons. The summed E-state index contributed by atoms with van der Waals surface area (Å²) >= 11 is 5.20. The maximum absolute atomic E-state index is 11.9. The van der Waals surface area contributed by atoms with Gasteiger partial charge in [-0.25, -0.2) is 0 Å². The van der Waals surface area contributed by atoms with Crippen molar-refractivity contribution in [1.82, 2.24) is 10.6 Å². The predicted octanol–water partition coefficient (Wildman–Crippen LogP) is 4.34. The minimum Gasteiger partial charge on any atom is -0.493 e. The lowest BCUT2D eigenvalue weighted by Crippen LogP contribution is -2.38. The lowest BCUT2D eigenvalue weighted by atomic mass is 10.1. The van der Waals surface area contributed by atoms with Gasteiger partial charge in [-0.05, 0) is 42.8 Å². The predicted molar refractivity (Wildman–Crippen MR) is 110 cm³/mol. The summed E-state index contributed by atoms with van der Waals surface area (Å²) in [7, 11) is 1.62. The van der Waals surface area contributed by atoms with E-state index in [1.807, 2.05) is 18.2 Å². The van der Waals surface area contributed by atoms with E-state index in [1.165, 1.54) is 19.3 Å². The van der Waals surface area contributed by atoms with Gasteiger partial charge < -0.3 is 20.1 Å². The van der Waals surface area contributed by atoms with Crippen molar-refractivity contribution in [3.63, 3.8) is 0 Å². The Labute approximate surface area is 162 Å². The second kappa shape index (κ2) is 13.4. The SMILES string of the molecule is CCCCCCCC(=O)NC(=S)NCc1ccc(OCCC)c(OC)c1. The van der Waals surface area contributed by atoms with E-state index < -0.39 is 0 Å². The maximum Gasteiger partial charge on any atom is 0.226 e. The number of hydrogen-bond donors (Lipinski definition) is 2. The summed E-state index contributed by atoms with van der Waals surface area (Å²) in [6.07, 6.45) is 7.08. The Bertz CT molecular complexity index is 564. The molecule has 1 amide bonds. The molecule has 6 heteroatoms. The van der Waals surface area contributed by atoms with Crippen molar-refractivity contribution in [2.24, 2.45) is 0 Å². The van der Waals surface area contributed by atoms with Crippen LogP contribution in [0.5, 0.6) is 11.5 Å². The third-order valence-electron chi connectivity index (χ3n) is 3.90. The minimum atomic E-state index is -0.0279. The van der Waals surface area contributed by atoms with Gasteiger partial charge in [0.05, 0.1) is 13.7 Å². The normalized spacial score (nSPS) is 10.3. The fourth-order valence-electron chi connectivity index (χ4n) is 2.46. The molecular weight excluding hydrogens is 348 g/mol. The second-order valence-electron chi connectivity index (χ2n) is 6.23. The number of unbranched alkanes of at least 4 members (excludes halogenated alkanes) is 4. The highest BCUT2D eigenvalue weighted by Gasteiger charge is 2.07. The molecule has 0 aliphatic heterocycles. The summed E-state index contributed by atoms with van der Waals surface area (Å²) < 4.78 is 11.0. The number of amides is 1. The molecule has 0 aliphatic carbocycles. The van der Waals surface area contributed by atoms with Crippen LogP contribution in [0.15, 0.2) is 18.2 Å². The molecule has 0 aliphatic rings. The molecule has 5 nitrogen and oxygen atoms in total. The van der Waals surface area contributed by atoms with Crippen molar-refractivity contribution in [2.75, 3.05) is 13.7 Å². The molecule has 1 aromatic rings. The van der Waals surface area contributed by atoms with Crippen LogP contribution in [0.1, 0.15) is 64.4 Å². The van der Waals surface area contributed by atoms with Gasteiger partial charge in [0.2, 0.25) is 5.91 Å². The molecule has 0 aromatic heterocycles. The zero-order chi connectivity index (χ0) is 19.2. The largest absolute Gasteiger partial charge is 0.493 e. The van der Waals surface area contributed by atoms with Crippen LogP contribution in [-0.2, 0) is 11.3 Å². The second-order valence-corrected chi connectivity index (χ2v) is 6.64. The van der Waals surface area contributed by atoms with Gasteiger partial charge in [-0.15, -0.1) is 0 Å². The van der Waals surface area contributed by atoms with Crippen molar-refractivity contribution >= 4 is 23.2 Å². The summed E-state index contributed by atoms with van der Waals surface area (Å²) in [4.78, 5) is 11.9. The lowest BCUT2D eigenvalue weighted by Gasteiger charge is -2.13. The average molecular weight is 381 g/mol. The first-order chi connectivity index (χ1) is 12.6. The number of rotatable bonds is 12. The van der Waals surface area contributed by atoms with Crippen LogP contribution in [0.25, 0.3) is 0 Å². The summed E-state index contributed by atoms with van der Waals surface area (Å²) in [6, 6.07) is 5.76. The number of ether oxygens (including phenoxy) is 2. The smallest absolute Gasteiger partial charge is 0.226 e. The van der Waals surface area contributed by atoms with Crippen LogP contribution < -0.4 is 20.1 Å². The van der Waals surface area contributed by atoms with Crippen LogP contribution in [0.2, 0.25) is 0 Å². The van der Waals surface area contributed by atoms with E-state index in [4.69, 9.17) is 21.7 Å². The Morgan fingerprint density at radius 1 is 1.08 bits per heavy atom. The summed E-state index contributed by atoms with van der Waals surface area (Å²) in [5.74, 6) is 1.40. The fourth-order valence-corrected chi connectivity index (χ4v) is 2.64. The number of benzene rings is 1. The van der Waals surface area contributed by atoms with E-state index in [0.29, 0.717) is 30.4 Å². The maximum atomic E-state index is 11.9. The molecule has 26 heavy (non-hydrogen) atoms. The van der Waals surface area contributed by atoms with E-state index in [9.17, 15) is 4.79 Å². The summed E-state index contributed by atoms with van der Waals surface area (Å²) in [5, 5.41) is 6.15. The van der Waals surface area contributed by atoms with Gasteiger partial charge in [0, 0.05) is 13.0 Å². The van der Waals surface area contributed by atoms with E-state index in [0.717, 1.165) is 30.6 Å². The molecule has 146 valence electrons. The Morgan fingerprint density at radius 2 is 1.85 bits per heavy atom. The Kier molecular flexibility index (Phi) is 11.4. The van der Waals surface area contributed by atoms with Gasteiger partial charge in [-0.3, -0.25) is 4.79 Å². The van der Waals surface area contributed by atoms with E-state index >= 15 is 0 Å². The summed E-state index contributed by atoms with van der Waals surface area (Å²) in [5.41, 5.74) is 1.00. The van der Waals surface area contributed by atoms with Gasteiger partial charge in [-0.2, -0.15) is 0 Å². The molecule has 0 spiro atoms. The third-order valence-corrected chi connectivity index (χ3v) is 4.15. The fraction of sp³-hybridized carbons (Fsp3) is 0.600. The van der Waals surface area contributed by atoms with Gasteiger partial charge >= 0.3 is 0 Å². The Hall–Kier alpha value is -1.82. The first-order valence-electron chi connectivity index (χ1n) is 9.48. The quantitative estimate of drug-likeness (QED) is 0.417. The van der Waals surface area contributed by atoms with Gasteiger partial charge in [-0.1, -0.05) is 45.6 Å². The average Bonchev–Trinajstić information content (AvgIpc) is 2.64. The van der Waals surface area contributed by atoms with Crippen LogP contribution >= 0.6 is 12.2 Å². The van der Waals surface area contributed by atoms with Crippen molar-refractivity contribution in [3.05, 3.63) is 23.8 Å². The molecule has 0 bridgehead atoms. The standard InChI is InChI=1S/C20H32N2O3S/c1-4-6-7-8-9-10-19(23)22-20(26)21-15-16-11-12-17(25-13-5-2)18(14-16)24-3/h11-12,14H,4-10,13,15H2,1-3H3,(H2,21,22,23,26). The molecule has 2 N–H and O–H groups in total. The van der Waals surface area contributed by atoms with Crippen molar-refractivity contribution in [2.45, 2.75) is 65.3 Å². The van der Waals surface area contributed by atoms with Crippen LogP contribution in [0, 0.1) is 0 Å². The number of hydrogen-bond acceptors (Lipinski definition) is 4. The first kappa shape index (κ1) is 22.2. The summed E-state index contributed by atoms with van der Waals surface area (Å²) in [6.45, 7) is 5.41. The molecule has 0 heterocycles. The zero-order valence-corrected chi connectivity index (χ0v) is 17.0. The third kappa shape index (κ3) is 9.04. The highest BCUT2D eigenvalue weighted by atomic mass is 32.1. The minimum absolute atomic E-state index is 0.0279. The number of methoxy groups -OCH3 is 1. The number of carbonyl (C=O) groups excluding carboxylic acids is 1. The van der Waals surface area contributed by atoms with Crippen molar-refractivity contribution < 1.29 is 14.3 Å². The Balaban J connectivity index is 2.36. The molecule has 1 rings (SSSR count). The number of nitrogens with one attached hydrogen (secondary N) is 2. The van der Waals surface area contributed by atoms with E-state index in [2.05, 4.69) is 24.5 Å². The highest BCUT2D eigenvalue weighted by molar-refractivity contribution is 7.80. The molecule has 0 saturated carbocycles. The number of thiocarbonyl (C=S) groups is 1.